The average molecular weight is 398 g/mol. The zero-order valence-electron chi connectivity index (χ0n) is 15.7. The molecule has 144 valence electrons. The minimum absolute atomic E-state index is 0.391. The van der Waals surface area contributed by atoms with Crippen LogP contribution in [-0.2, 0) is 4.74 Å². The van der Waals surface area contributed by atoms with E-state index >= 15 is 0 Å². The van der Waals surface area contributed by atoms with Gasteiger partial charge in [0.1, 0.15) is 5.82 Å². The van der Waals surface area contributed by atoms with Crippen LogP contribution in [0.1, 0.15) is 10.4 Å². The molecule has 0 saturated heterocycles. The van der Waals surface area contributed by atoms with Gasteiger partial charge < -0.3 is 20.3 Å². The molecule has 0 aliphatic carbocycles. The topological polar surface area (TPSA) is 79.4 Å². The third-order valence-electron chi connectivity index (χ3n) is 3.95. The fraction of sp³-hybridized carbons (Fsp3) is 0.150. The van der Waals surface area contributed by atoms with Crippen molar-refractivity contribution in [1.29, 1.82) is 0 Å². The first-order chi connectivity index (χ1) is 13.5. The minimum Gasteiger partial charge on any atom is -0.465 e. The van der Waals surface area contributed by atoms with Crippen molar-refractivity contribution in [3.8, 4) is 0 Å². The highest BCUT2D eigenvalue weighted by atomic mass is 35.5. The fourth-order valence-electron chi connectivity index (χ4n) is 2.46. The van der Waals surface area contributed by atoms with Crippen molar-refractivity contribution < 1.29 is 9.53 Å². The minimum atomic E-state index is -0.439. The van der Waals surface area contributed by atoms with Gasteiger partial charge in [0.2, 0.25) is 5.95 Å². The monoisotopic (exact) mass is 397 g/mol. The van der Waals surface area contributed by atoms with Crippen LogP contribution in [0.5, 0.6) is 0 Å². The number of halogens is 1. The highest BCUT2D eigenvalue weighted by Crippen LogP contribution is 2.27. The van der Waals surface area contributed by atoms with E-state index in [-0.39, 0.29) is 0 Å². The maximum atomic E-state index is 11.7. The lowest BCUT2D eigenvalue weighted by molar-refractivity contribution is 0.0601. The molecule has 28 heavy (non-hydrogen) atoms. The highest BCUT2D eigenvalue weighted by molar-refractivity contribution is 6.33. The molecule has 2 N–H and O–H groups in total. The lowest BCUT2D eigenvalue weighted by atomic mass is 10.2. The number of aromatic nitrogens is 2. The summed E-state index contributed by atoms with van der Waals surface area (Å²) in [5, 5.41) is 6.72. The number of ether oxygens (including phenoxy) is 1. The third kappa shape index (κ3) is 4.69. The lowest BCUT2D eigenvalue weighted by Gasteiger charge is -2.13. The van der Waals surface area contributed by atoms with Crippen LogP contribution in [0.25, 0.3) is 0 Å². The van der Waals surface area contributed by atoms with Crippen molar-refractivity contribution in [2.45, 2.75) is 0 Å². The quantitative estimate of drug-likeness (QED) is 0.594. The van der Waals surface area contributed by atoms with E-state index in [9.17, 15) is 4.79 Å². The summed E-state index contributed by atoms with van der Waals surface area (Å²) in [4.78, 5) is 22.4. The molecule has 0 amide bonds. The molecule has 0 aliphatic rings. The van der Waals surface area contributed by atoms with Gasteiger partial charge in [-0.3, -0.25) is 0 Å². The first-order valence-corrected chi connectivity index (χ1v) is 8.86. The molecule has 1 aromatic heterocycles. The van der Waals surface area contributed by atoms with Gasteiger partial charge in [-0.25, -0.2) is 9.78 Å². The maximum absolute atomic E-state index is 11.7. The number of rotatable bonds is 6. The van der Waals surface area contributed by atoms with E-state index in [1.54, 1.807) is 30.5 Å². The lowest BCUT2D eigenvalue weighted by Crippen LogP contribution is -2.08. The number of carbonyl (C=O) groups excluding carboxylic acids is 1. The molecule has 7 nitrogen and oxygen atoms in total. The van der Waals surface area contributed by atoms with Crippen molar-refractivity contribution in [2.75, 3.05) is 36.7 Å². The summed E-state index contributed by atoms with van der Waals surface area (Å²) < 4.78 is 4.74. The molecule has 0 bridgehead atoms. The first-order valence-electron chi connectivity index (χ1n) is 8.48. The molecule has 0 atom stereocenters. The average Bonchev–Trinajstić information content (AvgIpc) is 2.70. The van der Waals surface area contributed by atoms with E-state index in [1.807, 2.05) is 43.3 Å². The Morgan fingerprint density at radius 3 is 2.50 bits per heavy atom. The molecule has 3 aromatic rings. The summed E-state index contributed by atoms with van der Waals surface area (Å²) >= 11 is 6.23. The van der Waals surface area contributed by atoms with Gasteiger partial charge >= 0.3 is 5.97 Å². The van der Waals surface area contributed by atoms with Crippen molar-refractivity contribution in [1.82, 2.24) is 9.97 Å². The maximum Gasteiger partial charge on any atom is 0.337 e. The molecule has 0 unspecified atom stereocenters. The van der Waals surface area contributed by atoms with Crippen LogP contribution in [0.4, 0.5) is 28.8 Å². The van der Waals surface area contributed by atoms with Gasteiger partial charge in [0.15, 0.2) is 0 Å². The van der Waals surface area contributed by atoms with Gasteiger partial charge in [0.05, 0.1) is 23.4 Å². The highest BCUT2D eigenvalue weighted by Gasteiger charge is 2.10. The Morgan fingerprint density at radius 2 is 1.82 bits per heavy atom. The zero-order valence-corrected chi connectivity index (χ0v) is 16.5. The Kier molecular flexibility index (Phi) is 5.96. The second-order valence-electron chi connectivity index (χ2n) is 6.14. The second-order valence-corrected chi connectivity index (χ2v) is 6.55. The van der Waals surface area contributed by atoms with E-state index in [4.69, 9.17) is 16.3 Å². The number of anilines is 5. The van der Waals surface area contributed by atoms with Gasteiger partial charge in [-0.1, -0.05) is 11.6 Å². The Morgan fingerprint density at radius 1 is 1.07 bits per heavy atom. The van der Waals surface area contributed by atoms with Crippen LogP contribution in [0.2, 0.25) is 5.02 Å². The summed E-state index contributed by atoms with van der Waals surface area (Å²) in [6.45, 7) is 0. The summed E-state index contributed by atoms with van der Waals surface area (Å²) in [5.41, 5.74) is 2.91. The normalized spacial score (nSPS) is 10.3. The molecular weight excluding hydrogens is 378 g/mol. The van der Waals surface area contributed by atoms with Gasteiger partial charge in [-0.05, 0) is 48.5 Å². The molecule has 0 aliphatic heterocycles. The van der Waals surface area contributed by atoms with Crippen LogP contribution in [0, 0.1) is 0 Å². The first kappa shape index (κ1) is 19.4. The van der Waals surface area contributed by atoms with E-state index in [0.29, 0.717) is 28.0 Å². The van der Waals surface area contributed by atoms with Gasteiger partial charge in [0, 0.05) is 31.7 Å². The zero-order chi connectivity index (χ0) is 20.1. The van der Waals surface area contributed by atoms with Crippen LogP contribution < -0.4 is 15.5 Å². The number of hydrogen-bond acceptors (Lipinski definition) is 7. The summed E-state index contributed by atoms with van der Waals surface area (Å²) in [7, 11) is 5.31. The van der Waals surface area contributed by atoms with E-state index < -0.39 is 5.97 Å². The molecule has 0 radical (unpaired) electrons. The standard InChI is InChI=1S/C20H20ClN5O2/c1-26(2)15-7-5-14(6-8-15)23-20-22-11-10-18(25-20)24-17-12-13(19(27)28-3)4-9-16(17)21/h4-12H,1-3H3,(H2,22,23,24,25). The Hall–Kier alpha value is -3.32. The van der Waals surface area contributed by atoms with Crippen LogP contribution >= 0.6 is 11.6 Å². The molecule has 0 saturated carbocycles. The molecular formula is C20H20ClN5O2. The predicted octanol–water partition coefficient (Wildman–Crippen LogP) is 4.47. The summed E-state index contributed by atoms with van der Waals surface area (Å²) in [5.74, 6) is 0.528. The van der Waals surface area contributed by atoms with E-state index in [1.165, 1.54) is 7.11 Å². The van der Waals surface area contributed by atoms with Crippen LogP contribution in [0.3, 0.4) is 0 Å². The summed E-state index contributed by atoms with van der Waals surface area (Å²) in [6.07, 6.45) is 1.63. The van der Waals surface area contributed by atoms with E-state index in [2.05, 4.69) is 20.6 Å². The number of methoxy groups -OCH3 is 1. The van der Waals surface area contributed by atoms with Crippen LogP contribution in [-0.4, -0.2) is 37.1 Å². The Bertz CT molecular complexity index is 977. The van der Waals surface area contributed by atoms with Gasteiger partial charge in [0.25, 0.3) is 0 Å². The number of hydrogen-bond donors (Lipinski definition) is 2. The predicted molar refractivity (Wildman–Crippen MR) is 112 cm³/mol. The number of carbonyl (C=O) groups is 1. The van der Waals surface area contributed by atoms with Crippen molar-refractivity contribution in [3.05, 3.63) is 65.3 Å². The van der Waals surface area contributed by atoms with Crippen molar-refractivity contribution >= 4 is 46.4 Å². The number of benzene rings is 2. The summed E-state index contributed by atoms with van der Waals surface area (Å²) in [6, 6.07) is 14.5. The molecule has 3 rings (SSSR count). The molecule has 8 heteroatoms. The van der Waals surface area contributed by atoms with Crippen molar-refractivity contribution in [3.63, 3.8) is 0 Å². The number of nitrogens with one attached hydrogen (secondary N) is 2. The molecule has 2 aromatic carbocycles. The molecule has 0 spiro atoms. The number of nitrogens with zero attached hydrogens (tertiary/aromatic N) is 3. The molecule has 1 heterocycles. The number of esters is 1. The smallest absolute Gasteiger partial charge is 0.337 e. The third-order valence-corrected chi connectivity index (χ3v) is 4.28. The fourth-order valence-corrected chi connectivity index (χ4v) is 2.63. The van der Waals surface area contributed by atoms with Crippen molar-refractivity contribution in [2.24, 2.45) is 0 Å². The molecule has 0 fully saturated rings. The Balaban J connectivity index is 1.77. The second kappa shape index (κ2) is 8.58. The SMILES string of the molecule is COC(=O)c1ccc(Cl)c(Nc2ccnc(Nc3ccc(N(C)C)cc3)n2)c1. The van der Waals surface area contributed by atoms with Crippen LogP contribution in [0.15, 0.2) is 54.7 Å². The van der Waals surface area contributed by atoms with E-state index in [0.717, 1.165) is 11.4 Å². The van der Waals surface area contributed by atoms with Gasteiger partial charge in [-0.15, -0.1) is 0 Å². The van der Waals surface area contributed by atoms with Gasteiger partial charge in [-0.2, -0.15) is 4.98 Å². The Labute approximate surface area is 168 Å². The largest absolute Gasteiger partial charge is 0.465 e.